The smallest absolute Gasteiger partial charge is 0.408 e. The minimum absolute atomic E-state index is 0.0299. The molecule has 9 nitrogen and oxygen atoms in total. The van der Waals surface area contributed by atoms with Gasteiger partial charge in [0.2, 0.25) is 12.7 Å². The summed E-state index contributed by atoms with van der Waals surface area (Å²) in [4.78, 5) is 35.6. The van der Waals surface area contributed by atoms with E-state index in [-0.39, 0.29) is 26.2 Å². The SMILES string of the molecule is O=C(O)CC[C@H](NC(=O)OCc1ccccc1)C(=O)Nc1ccc2c(c1)OCO2. The molecule has 0 fully saturated rings. The van der Waals surface area contributed by atoms with Gasteiger partial charge in [0.25, 0.3) is 0 Å². The van der Waals surface area contributed by atoms with Crippen LogP contribution in [0.15, 0.2) is 48.5 Å². The number of amides is 2. The minimum Gasteiger partial charge on any atom is -0.481 e. The van der Waals surface area contributed by atoms with Crippen LogP contribution in [0.5, 0.6) is 11.5 Å². The summed E-state index contributed by atoms with van der Waals surface area (Å²) in [5.74, 6) is -0.597. The molecule has 9 heteroatoms. The van der Waals surface area contributed by atoms with Crippen LogP contribution in [0, 0.1) is 0 Å². The fraction of sp³-hybridized carbons (Fsp3) is 0.250. The predicted molar refractivity (Wildman–Crippen MR) is 102 cm³/mol. The van der Waals surface area contributed by atoms with Crippen molar-refractivity contribution in [2.24, 2.45) is 0 Å². The average molecular weight is 400 g/mol. The summed E-state index contributed by atoms with van der Waals surface area (Å²) in [5.41, 5.74) is 1.22. The highest BCUT2D eigenvalue weighted by molar-refractivity contribution is 5.97. The Labute approximate surface area is 166 Å². The molecule has 0 unspecified atom stereocenters. The third-order valence-electron chi connectivity index (χ3n) is 4.11. The Kier molecular flexibility index (Phi) is 6.51. The van der Waals surface area contributed by atoms with Crippen LogP contribution in [0.25, 0.3) is 0 Å². The Balaban J connectivity index is 1.59. The van der Waals surface area contributed by atoms with Gasteiger partial charge >= 0.3 is 12.1 Å². The summed E-state index contributed by atoms with van der Waals surface area (Å²) in [7, 11) is 0. The zero-order valence-electron chi connectivity index (χ0n) is 15.4. The van der Waals surface area contributed by atoms with Crippen LogP contribution in [0.4, 0.5) is 10.5 Å². The normalized spacial score (nSPS) is 12.7. The molecule has 0 saturated heterocycles. The van der Waals surface area contributed by atoms with E-state index in [9.17, 15) is 14.4 Å². The topological polar surface area (TPSA) is 123 Å². The maximum atomic E-state index is 12.6. The van der Waals surface area contributed by atoms with Gasteiger partial charge in [0.1, 0.15) is 12.6 Å². The fourth-order valence-corrected chi connectivity index (χ4v) is 2.65. The van der Waals surface area contributed by atoms with Gasteiger partial charge in [-0.05, 0) is 24.1 Å². The molecule has 3 N–H and O–H groups in total. The molecule has 1 atom stereocenters. The van der Waals surface area contributed by atoms with E-state index >= 15 is 0 Å². The first-order chi connectivity index (χ1) is 14.0. The van der Waals surface area contributed by atoms with E-state index in [4.69, 9.17) is 19.3 Å². The summed E-state index contributed by atoms with van der Waals surface area (Å²) in [6.07, 6.45) is -1.20. The van der Waals surface area contributed by atoms with Gasteiger partial charge in [0, 0.05) is 18.2 Å². The van der Waals surface area contributed by atoms with E-state index in [0.29, 0.717) is 17.2 Å². The first-order valence-corrected chi connectivity index (χ1v) is 8.91. The number of rotatable bonds is 8. The second-order valence-corrected chi connectivity index (χ2v) is 6.25. The number of carbonyl (C=O) groups is 3. The lowest BCUT2D eigenvalue weighted by atomic mass is 10.1. The zero-order chi connectivity index (χ0) is 20.6. The number of benzene rings is 2. The van der Waals surface area contributed by atoms with Crippen LogP contribution in [0.1, 0.15) is 18.4 Å². The van der Waals surface area contributed by atoms with Crippen molar-refractivity contribution in [3.8, 4) is 11.5 Å². The number of carboxylic acids is 1. The fourth-order valence-electron chi connectivity index (χ4n) is 2.65. The van der Waals surface area contributed by atoms with Gasteiger partial charge < -0.3 is 30.0 Å². The first kappa shape index (κ1) is 20.0. The van der Waals surface area contributed by atoms with Gasteiger partial charge in [0.15, 0.2) is 11.5 Å². The molecule has 2 aromatic carbocycles. The third kappa shape index (κ3) is 5.86. The highest BCUT2D eigenvalue weighted by atomic mass is 16.7. The van der Waals surface area contributed by atoms with E-state index in [1.807, 2.05) is 18.2 Å². The highest BCUT2D eigenvalue weighted by Crippen LogP contribution is 2.34. The Morgan fingerprint density at radius 1 is 1.07 bits per heavy atom. The molecule has 2 amide bonds. The molecule has 152 valence electrons. The van der Waals surface area contributed by atoms with Crippen LogP contribution in [-0.4, -0.2) is 35.9 Å². The van der Waals surface area contributed by atoms with E-state index in [1.54, 1.807) is 30.3 Å². The molecule has 0 aliphatic carbocycles. The number of carbonyl (C=O) groups excluding carboxylic acids is 2. The van der Waals surface area contributed by atoms with E-state index < -0.39 is 24.0 Å². The Morgan fingerprint density at radius 2 is 1.83 bits per heavy atom. The van der Waals surface area contributed by atoms with Gasteiger partial charge in [-0.15, -0.1) is 0 Å². The third-order valence-corrected chi connectivity index (χ3v) is 4.11. The Hall–Kier alpha value is -3.75. The average Bonchev–Trinajstić information content (AvgIpc) is 3.18. The summed E-state index contributed by atoms with van der Waals surface area (Å²) in [5, 5.41) is 14.0. The van der Waals surface area contributed by atoms with Crippen LogP contribution < -0.4 is 20.1 Å². The van der Waals surface area contributed by atoms with E-state index in [0.717, 1.165) is 5.56 Å². The maximum absolute atomic E-state index is 12.6. The van der Waals surface area contributed by atoms with Crippen LogP contribution in [0.2, 0.25) is 0 Å². The van der Waals surface area contributed by atoms with Crippen LogP contribution in [0.3, 0.4) is 0 Å². The Bertz CT molecular complexity index is 886. The lowest BCUT2D eigenvalue weighted by Gasteiger charge is -2.18. The standard InChI is InChI=1S/C20H20N2O7/c23-18(24)9-7-15(22-20(26)27-11-13-4-2-1-3-5-13)19(25)21-14-6-8-16-17(10-14)29-12-28-16/h1-6,8,10,15H,7,9,11-12H2,(H,21,25)(H,22,26)(H,23,24)/t15-/m0/s1. The summed E-state index contributed by atoms with van der Waals surface area (Å²) < 4.78 is 15.6. The minimum atomic E-state index is -1.08. The number of nitrogens with one attached hydrogen (secondary N) is 2. The van der Waals surface area contributed by atoms with Gasteiger partial charge in [-0.2, -0.15) is 0 Å². The number of ether oxygens (including phenoxy) is 3. The predicted octanol–water partition coefficient (Wildman–Crippen LogP) is 2.51. The van der Waals surface area contributed by atoms with Gasteiger partial charge in [-0.3, -0.25) is 9.59 Å². The second kappa shape index (κ2) is 9.45. The molecule has 0 saturated carbocycles. The molecule has 0 bridgehead atoms. The van der Waals surface area contributed by atoms with Crippen molar-refractivity contribution in [2.45, 2.75) is 25.5 Å². The number of fused-ring (bicyclic) bond motifs is 1. The van der Waals surface area contributed by atoms with E-state index in [2.05, 4.69) is 10.6 Å². The zero-order valence-corrected chi connectivity index (χ0v) is 15.4. The quantitative estimate of drug-likeness (QED) is 0.622. The summed E-state index contributed by atoms with van der Waals surface area (Å²) >= 11 is 0. The Morgan fingerprint density at radius 3 is 2.59 bits per heavy atom. The molecule has 2 aromatic rings. The monoisotopic (exact) mass is 400 g/mol. The molecule has 1 aliphatic heterocycles. The maximum Gasteiger partial charge on any atom is 0.408 e. The second-order valence-electron chi connectivity index (χ2n) is 6.25. The number of alkyl carbamates (subject to hydrolysis) is 1. The van der Waals surface area contributed by atoms with Crippen LogP contribution >= 0.6 is 0 Å². The molecular weight excluding hydrogens is 380 g/mol. The molecule has 3 rings (SSSR count). The van der Waals surface area contributed by atoms with Gasteiger partial charge in [-0.25, -0.2) is 4.79 Å². The number of aliphatic carboxylic acids is 1. The van der Waals surface area contributed by atoms with Crippen molar-refractivity contribution in [1.82, 2.24) is 5.32 Å². The van der Waals surface area contributed by atoms with Crippen molar-refractivity contribution in [2.75, 3.05) is 12.1 Å². The largest absolute Gasteiger partial charge is 0.481 e. The summed E-state index contributed by atoms with van der Waals surface area (Å²) in [6, 6.07) is 12.8. The molecule has 0 aromatic heterocycles. The van der Waals surface area contributed by atoms with Gasteiger partial charge in [0.05, 0.1) is 0 Å². The van der Waals surface area contributed by atoms with Gasteiger partial charge in [-0.1, -0.05) is 30.3 Å². The molecule has 1 aliphatic rings. The van der Waals surface area contributed by atoms with Crippen molar-refractivity contribution in [3.05, 3.63) is 54.1 Å². The van der Waals surface area contributed by atoms with Crippen molar-refractivity contribution in [3.63, 3.8) is 0 Å². The molecule has 0 spiro atoms. The van der Waals surface area contributed by atoms with Crippen molar-refractivity contribution >= 4 is 23.7 Å². The number of carboxylic acid groups (broad SMARTS) is 1. The van der Waals surface area contributed by atoms with Crippen molar-refractivity contribution in [1.29, 1.82) is 0 Å². The number of anilines is 1. The number of hydrogen-bond donors (Lipinski definition) is 3. The van der Waals surface area contributed by atoms with E-state index in [1.165, 1.54) is 0 Å². The summed E-state index contributed by atoms with van der Waals surface area (Å²) in [6.45, 7) is 0.130. The number of hydrogen-bond acceptors (Lipinski definition) is 6. The molecule has 29 heavy (non-hydrogen) atoms. The lowest BCUT2D eigenvalue weighted by molar-refractivity contribution is -0.137. The first-order valence-electron chi connectivity index (χ1n) is 8.91. The highest BCUT2D eigenvalue weighted by Gasteiger charge is 2.23. The lowest BCUT2D eigenvalue weighted by Crippen LogP contribution is -2.44. The molecule has 1 heterocycles. The van der Waals surface area contributed by atoms with Crippen molar-refractivity contribution < 1.29 is 33.7 Å². The molecular formula is C20H20N2O7. The van der Waals surface area contributed by atoms with Crippen LogP contribution in [-0.2, 0) is 20.9 Å². The molecule has 0 radical (unpaired) electrons.